The van der Waals surface area contributed by atoms with E-state index in [1.165, 1.54) is 24.3 Å². The summed E-state index contributed by atoms with van der Waals surface area (Å²) in [5, 5.41) is 13.6. The zero-order chi connectivity index (χ0) is 30.2. The van der Waals surface area contributed by atoms with Crippen molar-refractivity contribution in [2.45, 2.75) is 59.3 Å². The maximum absolute atomic E-state index is 13.1. The van der Waals surface area contributed by atoms with Gasteiger partial charge in [0.2, 0.25) is 0 Å². The molecule has 0 aromatic heterocycles. The summed E-state index contributed by atoms with van der Waals surface area (Å²) in [5.41, 5.74) is 3.14. The number of ketones is 1. The summed E-state index contributed by atoms with van der Waals surface area (Å²) in [5.74, 6) is -0.352. The molecular weight excluding hydrogens is 530 g/mol. The largest absolute Gasteiger partial charge is 0.478 e. The van der Waals surface area contributed by atoms with Gasteiger partial charge in [0.25, 0.3) is 5.91 Å². The molecule has 1 amide bonds. The Hall–Kier alpha value is -4.52. The van der Waals surface area contributed by atoms with Crippen molar-refractivity contribution in [2.75, 3.05) is 6.54 Å². The number of benzene rings is 3. The molecule has 7 nitrogen and oxygen atoms in total. The number of rotatable bonds is 13. The van der Waals surface area contributed by atoms with Gasteiger partial charge >= 0.3 is 5.97 Å². The van der Waals surface area contributed by atoms with Crippen molar-refractivity contribution in [3.8, 4) is 22.5 Å². The van der Waals surface area contributed by atoms with Gasteiger partial charge in [0, 0.05) is 47.5 Å². The molecule has 42 heavy (non-hydrogen) atoms. The Morgan fingerprint density at radius 3 is 2.50 bits per heavy atom. The number of allylic oxidation sites excluding steroid dienone is 2. The molecule has 1 aliphatic carbocycles. The molecule has 1 heterocycles. The molecule has 7 heteroatoms. The zero-order valence-corrected chi connectivity index (χ0v) is 24.4. The van der Waals surface area contributed by atoms with Crippen LogP contribution in [-0.4, -0.2) is 29.3 Å². The van der Waals surface area contributed by atoms with E-state index in [1.807, 2.05) is 25.1 Å². The number of unbranched alkanes of at least 4 members (excludes halogenated alkanes) is 2. The maximum Gasteiger partial charge on any atom is 0.336 e. The molecule has 4 rings (SSSR count). The Kier molecular flexibility index (Phi) is 10.1. The average molecular weight is 568 g/mol. The van der Waals surface area contributed by atoms with E-state index in [0.717, 1.165) is 31.2 Å². The van der Waals surface area contributed by atoms with Crippen LogP contribution in [0.15, 0.2) is 76.0 Å². The van der Waals surface area contributed by atoms with Crippen LogP contribution in [0.2, 0.25) is 0 Å². The van der Waals surface area contributed by atoms with Crippen LogP contribution in [0.3, 0.4) is 0 Å². The Balaban J connectivity index is 1.49. The highest BCUT2D eigenvalue weighted by molar-refractivity contribution is 6.09. The quantitative estimate of drug-likeness (QED) is 0.0987. The summed E-state index contributed by atoms with van der Waals surface area (Å²) in [6, 6.07) is 14.6. The topological polar surface area (TPSA) is 114 Å². The van der Waals surface area contributed by atoms with Crippen LogP contribution in [0.4, 0.5) is 0 Å². The number of hydrogen-bond donors (Lipinski definition) is 2. The van der Waals surface area contributed by atoms with Crippen LogP contribution in [0, 0.1) is 12.8 Å². The molecule has 0 unspecified atom stereocenters. The van der Waals surface area contributed by atoms with Crippen LogP contribution >= 0.6 is 0 Å². The number of carboxylic acids is 1. The van der Waals surface area contributed by atoms with E-state index in [-0.39, 0.29) is 22.7 Å². The van der Waals surface area contributed by atoms with Crippen molar-refractivity contribution in [3.63, 3.8) is 0 Å². The number of amides is 1. The van der Waals surface area contributed by atoms with E-state index in [9.17, 15) is 24.3 Å². The van der Waals surface area contributed by atoms with Gasteiger partial charge in [-0.3, -0.25) is 14.4 Å². The van der Waals surface area contributed by atoms with E-state index >= 15 is 0 Å². The molecule has 2 aliphatic rings. The number of fused-ring (bicyclic) bond motifs is 2. The minimum absolute atomic E-state index is 0.0384. The highest BCUT2D eigenvalue weighted by Gasteiger charge is 2.23. The Labute approximate surface area is 245 Å². The maximum atomic E-state index is 13.1. The number of aryl methyl sites for hydroxylation is 1. The highest BCUT2D eigenvalue weighted by atomic mass is 16.4. The fraction of sp³-hybridized carbons (Fsp3) is 0.314. The van der Waals surface area contributed by atoms with Gasteiger partial charge in [0.15, 0.2) is 5.43 Å². The normalized spacial score (nSPS) is 11.5. The van der Waals surface area contributed by atoms with Gasteiger partial charge in [-0.25, -0.2) is 4.79 Å². The molecular formula is C35H37NO6. The molecule has 0 atom stereocenters. The van der Waals surface area contributed by atoms with Gasteiger partial charge in [-0.05, 0) is 79.6 Å². The standard InChI is InChI=1S/C35H37NO6/c1-22(2)9-6-7-11-25(37)10-5-4-8-18-36-34(39)24-13-16-27(35(40)41)30(20-24)33-28-15-12-23(3)19-31(28)42-32-21-26(38)14-17-29(32)33/h6,9,12-17,19-22H,4-5,7-8,10-11,18H2,1-3H3,(H,36,39)(H,40,41)/b9-6+. The zero-order valence-electron chi connectivity index (χ0n) is 24.4. The Bertz CT molecular complexity index is 1660. The summed E-state index contributed by atoms with van der Waals surface area (Å²) >= 11 is 0. The van der Waals surface area contributed by atoms with Crippen molar-refractivity contribution in [1.29, 1.82) is 0 Å². The second kappa shape index (κ2) is 13.9. The molecule has 0 radical (unpaired) electrons. The fourth-order valence-electron chi connectivity index (χ4n) is 5.01. The van der Waals surface area contributed by atoms with Crippen molar-refractivity contribution >= 4 is 28.6 Å². The molecule has 0 saturated heterocycles. The van der Waals surface area contributed by atoms with Gasteiger partial charge in [0.1, 0.15) is 17.1 Å². The molecule has 218 valence electrons. The molecule has 1 aliphatic heterocycles. The van der Waals surface area contributed by atoms with E-state index in [1.54, 1.807) is 12.1 Å². The third kappa shape index (κ3) is 7.60. The SMILES string of the molecule is Cc1ccc2c(-c3cc(C(=O)NCCCCCC(=O)CC/C=C/C(C)C)ccc3C(=O)O)c3ccc(=O)cc-3oc2c1. The lowest BCUT2D eigenvalue weighted by Crippen LogP contribution is -2.24. The molecule has 0 spiro atoms. The van der Waals surface area contributed by atoms with Crippen molar-refractivity contribution < 1.29 is 23.9 Å². The molecule has 2 aromatic carbocycles. The third-order valence-corrected chi connectivity index (χ3v) is 7.16. The van der Waals surface area contributed by atoms with Crippen LogP contribution in [0.5, 0.6) is 0 Å². The van der Waals surface area contributed by atoms with Crippen molar-refractivity contribution in [2.24, 2.45) is 5.92 Å². The highest BCUT2D eigenvalue weighted by Crippen LogP contribution is 2.41. The average Bonchev–Trinajstić information content (AvgIpc) is 2.95. The third-order valence-electron chi connectivity index (χ3n) is 7.16. The molecule has 0 bridgehead atoms. The lowest BCUT2D eigenvalue weighted by atomic mass is 9.89. The van der Waals surface area contributed by atoms with Gasteiger partial charge in [-0.2, -0.15) is 0 Å². The molecule has 0 saturated carbocycles. The van der Waals surface area contributed by atoms with Gasteiger partial charge in [0.05, 0.1) is 5.56 Å². The number of Topliss-reactive ketones (excluding diaryl/α,β-unsaturated/α-hetero) is 1. The summed E-state index contributed by atoms with van der Waals surface area (Å²) in [6.45, 7) is 6.58. The summed E-state index contributed by atoms with van der Waals surface area (Å²) in [4.78, 5) is 49.5. The predicted octanol–water partition coefficient (Wildman–Crippen LogP) is 7.42. The number of hydrogen-bond acceptors (Lipinski definition) is 5. The van der Waals surface area contributed by atoms with Gasteiger partial charge < -0.3 is 14.8 Å². The Morgan fingerprint density at radius 2 is 1.74 bits per heavy atom. The van der Waals surface area contributed by atoms with Crippen LogP contribution in [-0.2, 0) is 4.79 Å². The first-order valence-electron chi connectivity index (χ1n) is 14.5. The molecule has 0 fully saturated rings. The van der Waals surface area contributed by atoms with Crippen LogP contribution < -0.4 is 10.7 Å². The first-order chi connectivity index (χ1) is 20.1. The summed E-state index contributed by atoms with van der Waals surface area (Å²) < 4.78 is 6.03. The lowest BCUT2D eigenvalue weighted by Gasteiger charge is -2.17. The summed E-state index contributed by atoms with van der Waals surface area (Å²) in [6.07, 6.45) is 8.39. The predicted molar refractivity (Wildman–Crippen MR) is 165 cm³/mol. The number of carbonyl (C=O) groups excluding carboxylic acids is 2. The second-order valence-electron chi connectivity index (χ2n) is 11.0. The number of nitrogens with one attached hydrogen (secondary N) is 1. The minimum atomic E-state index is -1.13. The number of carbonyl (C=O) groups is 3. The van der Waals surface area contributed by atoms with E-state index < -0.39 is 5.97 Å². The first-order valence-corrected chi connectivity index (χ1v) is 14.5. The van der Waals surface area contributed by atoms with Crippen molar-refractivity contribution in [3.05, 3.63) is 93.7 Å². The second-order valence-corrected chi connectivity index (χ2v) is 11.0. The lowest BCUT2D eigenvalue weighted by molar-refractivity contribution is -0.119. The number of aromatic carboxylic acids is 1. The van der Waals surface area contributed by atoms with E-state index in [4.69, 9.17) is 4.42 Å². The van der Waals surface area contributed by atoms with Crippen LogP contribution in [0.25, 0.3) is 33.4 Å². The smallest absolute Gasteiger partial charge is 0.336 e. The van der Waals surface area contributed by atoms with E-state index in [0.29, 0.717) is 64.3 Å². The van der Waals surface area contributed by atoms with E-state index in [2.05, 4.69) is 31.3 Å². The monoisotopic (exact) mass is 567 g/mol. The van der Waals surface area contributed by atoms with Gasteiger partial charge in [-0.15, -0.1) is 0 Å². The number of carboxylic acid groups (broad SMARTS) is 1. The molecule has 2 aromatic rings. The Morgan fingerprint density at radius 1 is 0.929 bits per heavy atom. The molecule has 2 N–H and O–H groups in total. The van der Waals surface area contributed by atoms with Gasteiger partial charge in [-0.1, -0.05) is 44.6 Å². The first kappa shape index (κ1) is 30.4. The van der Waals surface area contributed by atoms with Crippen molar-refractivity contribution in [1.82, 2.24) is 5.32 Å². The fourth-order valence-corrected chi connectivity index (χ4v) is 5.01. The van der Waals surface area contributed by atoms with Crippen LogP contribution in [0.1, 0.15) is 78.7 Å². The summed E-state index contributed by atoms with van der Waals surface area (Å²) in [7, 11) is 0. The minimum Gasteiger partial charge on any atom is -0.478 e.